The molecule has 0 radical (unpaired) electrons. The second-order valence-corrected chi connectivity index (χ2v) is 8.36. The maximum absolute atomic E-state index is 13.1. The Labute approximate surface area is 221 Å². The number of carbonyl (C=O) groups is 3. The van der Waals surface area contributed by atoms with Gasteiger partial charge in [0.25, 0.3) is 17.5 Å². The predicted octanol–water partition coefficient (Wildman–Crippen LogP) is 4.60. The van der Waals surface area contributed by atoms with Crippen LogP contribution in [0.1, 0.15) is 18.1 Å². The molecule has 0 saturated carbocycles. The fraction of sp³-hybridized carbons (Fsp3) is 0.115. The summed E-state index contributed by atoms with van der Waals surface area (Å²) in [5.41, 5.74) is 0.775. The molecule has 4 amide bonds. The van der Waals surface area contributed by atoms with Crippen LogP contribution in [0, 0.1) is 10.1 Å². The zero-order valence-electron chi connectivity index (χ0n) is 19.8. The van der Waals surface area contributed by atoms with Crippen molar-refractivity contribution in [2.24, 2.45) is 0 Å². The molecular weight excluding hydrogens is 518 g/mol. The molecule has 4 rings (SSSR count). The molecule has 0 aliphatic carbocycles. The van der Waals surface area contributed by atoms with Crippen molar-refractivity contribution in [3.8, 4) is 17.2 Å². The van der Waals surface area contributed by atoms with E-state index >= 15 is 0 Å². The van der Waals surface area contributed by atoms with Crippen molar-refractivity contribution in [1.29, 1.82) is 0 Å². The van der Waals surface area contributed by atoms with E-state index < -0.39 is 22.8 Å². The van der Waals surface area contributed by atoms with Crippen molar-refractivity contribution in [2.75, 3.05) is 11.5 Å². The number of carbonyl (C=O) groups excluding carboxylic acids is 3. The van der Waals surface area contributed by atoms with E-state index in [0.29, 0.717) is 11.1 Å². The zero-order valence-corrected chi connectivity index (χ0v) is 20.6. The maximum Gasteiger partial charge on any atom is 0.335 e. The lowest BCUT2D eigenvalue weighted by molar-refractivity contribution is -0.384. The molecule has 3 aromatic rings. The topological polar surface area (TPSA) is 148 Å². The number of anilines is 1. The number of rotatable bonds is 8. The predicted molar refractivity (Wildman–Crippen MR) is 137 cm³/mol. The Kier molecular flexibility index (Phi) is 7.58. The molecule has 0 aromatic heterocycles. The van der Waals surface area contributed by atoms with E-state index in [1.807, 2.05) is 0 Å². The third-order valence-corrected chi connectivity index (χ3v) is 5.66. The summed E-state index contributed by atoms with van der Waals surface area (Å²) >= 11 is 6.46. The summed E-state index contributed by atoms with van der Waals surface area (Å²) in [5, 5.41) is 22.6. The SMILES string of the molecule is CCOc1cc(/C=C2\C(=O)NC(=O)N(c3ccc(O)cc3)C2=O)cc(Cl)c1OCc1ccc([N+](=O)[O-])cc1. The normalized spacial score (nSPS) is 14.4. The lowest BCUT2D eigenvalue weighted by atomic mass is 10.1. The maximum atomic E-state index is 13.1. The van der Waals surface area contributed by atoms with Crippen LogP contribution in [0.25, 0.3) is 6.08 Å². The Balaban J connectivity index is 1.62. The van der Waals surface area contributed by atoms with Crippen LogP contribution >= 0.6 is 11.6 Å². The first-order chi connectivity index (χ1) is 18.2. The average Bonchev–Trinajstić information content (AvgIpc) is 2.87. The first-order valence-corrected chi connectivity index (χ1v) is 11.6. The lowest BCUT2D eigenvalue weighted by Gasteiger charge is -2.26. The van der Waals surface area contributed by atoms with Gasteiger partial charge in [-0.25, -0.2) is 9.69 Å². The van der Waals surface area contributed by atoms with Gasteiger partial charge in [-0.3, -0.25) is 25.0 Å². The molecule has 11 nitrogen and oxygen atoms in total. The number of nitro benzene ring substituents is 1. The van der Waals surface area contributed by atoms with E-state index in [4.69, 9.17) is 21.1 Å². The molecule has 12 heteroatoms. The van der Waals surface area contributed by atoms with Gasteiger partial charge in [-0.15, -0.1) is 0 Å². The summed E-state index contributed by atoms with van der Waals surface area (Å²) in [6.07, 6.45) is 1.27. The summed E-state index contributed by atoms with van der Waals surface area (Å²) in [6, 6.07) is 13.2. The smallest absolute Gasteiger partial charge is 0.335 e. The molecule has 1 aliphatic heterocycles. The van der Waals surface area contributed by atoms with Crippen LogP contribution in [0.5, 0.6) is 17.2 Å². The van der Waals surface area contributed by atoms with Crippen LogP contribution in [0.2, 0.25) is 5.02 Å². The highest BCUT2D eigenvalue weighted by molar-refractivity contribution is 6.39. The number of imide groups is 2. The number of halogens is 1. The number of hydrogen-bond acceptors (Lipinski definition) is 8. The van der Waals surface area contributed by atoms with Gasteiger partial charge in [-0.2, -0.15) is 0 Å². The third kappa shape index (κ3) is 5.57. The van der Waals surface area contributed by atoms with Crippen molar-refractivity contribution in [3.63, 3.8) is 0 Å². The standard InChI is InChI=1S/C26H20ClN3O8/c1-2-37-22-13-16(12-21(27)23(22)38-14-15-3-5-18(6-4-15)30(35)36)11-20-24(32)28-26(34)29(25(20)33)17-7-9-19(31)10-8-17/h3-13,31H,2,14H2,1H3,(H,28,32,34)/b20-11+. The number of phenols is 1. The molecule has 0 unspecified atom stereocenters. The van der Waals surface area contributed by atoms with Crippen LogP contribution in [-0.4, -0.2) is 34.5 Å². The number of nitro groups is 1. The average molecular weight is 538 g/mol. The van der Waals surface area contributed by atoms with Gasteiger partial charge in [-0.1, -0.05) is 11.6 Å². The number of benzene rings is 3. The monoisotopic (exact) mass is 537 g/mol. The van der Waals surface area contributed by atoms with E-state index in [2.05, 4.69) is 5.32 Å². The molecule has 1 fully saturated rings. The van der Waals surface area contributed by atoms with E-state index in [-0.39, 0.29) is 52.4 Å². The summed E-state index contributed by atoms with van der Waals surface area (Å²) in [5.74, 6) is -1.36. The first-order valence-electron chi connectivity index (χ1n) is 11.2. The van der Waals surface area contributed by atoms with Crippen molar-refractivity contribution < 1.29 is 33.9 Å². The van der Waals surface area contributed by atoms with Gasteiger partial charge in [0.15, 0.2) is 11.5 Å². The van der Waals surface area contributed by atoms with Gasteiger partial charge >= 0.3 is 6.03 Å². The van der Waals surface area contributed by atoms with Crippen LogP contribution in [0.15, 0.2) is 66.2 Å². The molecule has 38 heavy (non-hydrogen) atoms. The molecule has 1 saturated heterocycles. The zero-order chi connectivity index (χ0) is 27.4. The van der Waals surface area contributed by atoms with E-state index in [1.54, 1.807) is 19.1 Å². The van der Waals surface area contributed by atoms with Gasteiger partial charge in [0.1, 0.15) is 17.9 Å². The molecule has 2 N–H and O–H groups in total. The Morgan fingerprint density at radius 3 is 2.37 bits per heavy atom. The Bertz CT molecular complexity index is 1450. The number of ether oxygens (including phenoxy) is 2. The summed E-state index contributed by atoms with van der Waals surface area (Å²) in [4.78, 5) is 49.1. The number of hydrogen-bond donors (Lipinski definition) is 2. The number of urea groups is 1. The van der Waals surface area contributed by atoms with Crippen molar-refractivity contribution >= 4 is 46.9 Å². The summed E-state index contributed by atoms with van der Waals surface area (Å²) in [6.45, 7) is 2.05. The number of barbiturate groups is 1. The number of nitrogens with zero attached hydrogens (tertiary/aromatic N) is 2. The second-order valence-electron chi connectivity index (χ2n) is 7.95. The van der Waals surface area contributed by atoms with E-state index in [0.717, 1.165) is 4.90 Å². The first kappa shape index (κ1) is 26.2. The van der Waals surface area contributed by atoms with Crippen LogP contribution in [-0.2, 0) is 16.2 Å². The van der Waals surface area contributed by atoms with Gasteiger partial charge in [0, 0.05) is 12.1 Å². The van der Waals surface area contributed by atoms with Crippen molar-refractivity contribution in [1.82, 2.24) is 5.32 Å². The lowest BCUT2D eigenvalue weighted by Crippen LogP contribution is -2.54. The molecule has 1 aliphatic rings. The Morgan fingerprint density at radius 2 is 1.74 bits per heavy atom. The second kappa shape index (κ2) is 11.0. The molecule has 3 aromatic carbocycles. The summed E-state index contributed by atoms with van der Waals surface area (Å²) < 4.78 is 11.5. The minimum absolute atomic E-state index is 0.0445. The molecular formula is C26H20ClN3O8. The van der Waals surface area contributed by atoms with Crippen molar-refractivity contribution in [3.05, 3.63) is 92.5 Å². The van der Waals surface area contributed by atoms with Crippen LogP contribution < -0.4 is 19.7 Å². The number of amides is 4. The van der Waals surface area contributed by atoms with Gasteiger partial charge in [0.05, 0.1) is 22.2 Å². The largest absolute Gasteiger partial charge is 0.508 e. The number of non-ortho nitro benzene ring substituents is 1. The van der Waals surface area contributed by atoms with Crippen LogP contribution in [0.3, 0.4) is 0 Å². The minimum Gasteiger partial charge on any atom is -0.508 e. The molecule has 0 atom stereocenters. The highest BCUT2D eigenvalue weighted by Crippen LogP contribution is 2.38. The number of phenolic OH excluding ortho intramolecular Hbond substituents is 1. The van der Waals surface area contributed by atoms with Crippen LogP contribution in [0.4, 0.5) is 16.2 Å². The van der Waals surface area contributed by atoms with Gasteiger partial charge < -0.3 is 14.6 Å². The van der Waals surface area contributed by atoms with Crippen molar-refractivity contribution in [2.45, 2.75) is 13.5 Å². The highest BCUT2D eigenvalue weighted by Gasteiger charge is 2.37. The number of aromatic hydroxyl groups is 1. The molecule has 194 valence electrons. The Morgan fingerprint density at radius 1 is 1.05 bits per heavy atom. The minimum atomic E-state index is -0.925. The van der Waals surface area contributed by atoms with E-state index in [1.165, 1.54) is 54.6 Å². The quantitative estimate of drug-likeness (QED) is 0.183. The Hall–Kier alpha value is -4.90. The fourth-order valence-corrected chi connectivity index (χ4v) is 3.88. The van der Waals surface area contributed by atoms with E-state index in [9.17, 15) is 29.6 Å². The number of nitrogens with one attached hydrogen (secondary N) is 1. The molecule has 0 bridgehead atoms. The van der Waals surface area contributed by atoms with Gasteiger partial charge in [-0.05, 0) is 72.7 Å². The third-order valence-electron chi connectivity index (χ3n) is 5.38. The highest BCUT2D eigenvalue weighted by atomic mass is 35.5. The fourth-order valence-electron chi connectivity index (χ4n) is 3.60. The van der Waals surface area contributed by atoms with Gasteiger partial charge in [0.2, 0.25) is 0 Å². The summed E-state index contributed by atoms with van der Waals surface area (Å²) in [7, 11) is 0. The molecule has 1 heterocycles. The molecule has 0 spiro atoms.